The van der Waals surface area contributed by atoms with Gasteiger partial charge in [-0.1, -0.05) is 42.5 Å². The van der Waals surface area contributed by atoms with Crippen LogP contribution in [-0.2, 0) is 11.3 Å². The van der Waals surface area contributed by atoms with Crippen LogP contribution >= 0.6 is 0 Å². The number of rotatable bonds is 1. The lowest BCUT2D eigenvalue weighted by atomic mass is 9.62. The summed E-state index contributed by atoms with van der Waals surface area (Å²) in [6.45, 7) is 0. The van der Waals surface area contributed by atoms with E-state index in [9.17, 15) is 8.78 Å². The van der Waals surface area contributed by atoms with Crippen LogP contribution in [0.25, 0.3) is 11.0 Å². The zero-order chi connectivity index (χ0) is 19.0. The van der Waals surface area contributed by atoms with Crippen molar-refractivity contribution in [3.8, 4) is 0 Å². The molecule has 3 aliphatic rings. The minimum atomic E-state index is -3.20. The summed E-state index contributed by atoms with van der Waals surface area (Å²) in [5.74, 6) is -5.38. The van der Waals surface area contributed by atoms with E-state index in [1.54, 1.807) is 30.3 Å². The van der Waals surface area contributed by atoms with Crippen molar-refractivity contribution in [2.75, 3.05) is 0 Å². The molecular formula is C20H12F4N2. The van der Waals surface area contributed by atoms with Crippen molar-refractivity contribution in [1.29, 1.82) is 0 Å². The fourth-order valence-electron chi connectivity index (χ4n) is 3.80. The number of nitrogens with zero attached hydrogens (tertiary/aromatic N) is 2. The molecule has 130 valence electrons. The quantitative estimate of drug-likeness (QED) is 0.552. The first-order valence-corrected chi connectivity index (χ1v) is 8.09. The van der Waals surface area contributed by atoms with Crippen LogP contribution in [0.2, 0.25) is 0 Å². The Hall–Kier alpha value is -2.76. The van der Waals surface area contributed by atoms with E-state index in [-0.39, 0.29) is 16.6 Å². The van der Waals surface area contributed by atoms with Gasteiger partial charge < -0.3 is 0 Å². The second-order valence-corrected chi connectivity index (χ2v) is 6.52. The van der Waals surface area contributed by atoms with Crippen LogP contribution in [0.15, 0.2) is 66.3 Å². The fourth-order valence-corrected chi connectivity index (χ4v) is 3.80. The van der Waals surface area contributed by atoms with Crippen LogP contribution in [0.1, 0.15) is 30.6 Å². The lowest BCUT2D eigenvalue weighted by molar-refractivity contribution is 0.000159. The minimum absolute atomic E-state index is 0.199. The first kappa shape index (κ1) is 14.4. The molecule has 6 heteroatoms. The van der Waals surface area contributed by atoms with E-state index < -0.39 is 46.7 Å². The molecule has 26 heavy (non-hydrogen) atoms. The number of alkyl halides is 2. The highest BCUT2D eigenvalue weighted by atomic mass is 19.2. The molecule has 0 saturated carbocycles. The Balaban J connectivity index is 1.90. The number of halogens is 4. The molecule has 6 rings (SSSR count). The van der Waals surface area contributed by atoms with Gasteiger partial charge in [0.1, 0.15) is 11.4 Å². The van der Waals surface area contributed by atoms with Crippen LogP contribution in [0.5, 0.6) is 0 Å². The molecule has 1 heterocycles. The van der Waals surface area contributed by atoms with Crippen molar-refractivity contribution in [2.24, 2.45) is 0 Å². The van der Waals surface area contributed by atoms with E-state index in [1.807, 2.05) is 0 Å². The van der Waals surface area contributed by atoms with Gasteiger partial charge in [-0.2, -0.15) is 0 Å². The van der Waals surface area contributed by atoms with Crippen LogP contribution in [-0.4, -0.2) is 9.97 Å². The Kier molecular flexibility index (Phi) is 2.72. The van der Waals surface area contributed by atoms with Crippen LogP contribution < -0.4 is 0 Å². The fraction of sp³-hybridized carbons (Fsp3) is 0.200. The smallest absolute Gasteiger partial charge is 0.215 e. The predicted octanol–water partition coefficient (Wildman–Crippen LogP) is 5.31. The van der Waals surface area contributed by atoms with Gasteiger partial charge in [0.2, 0.25) is 11.3 Å². The zero-order valence-corrected chi connectivity index (χ0v) is 13.3. The summed E-state index contributed by atoms with van der Waals surface area (Å²) in [7, 11) is 0. The number of hydrogen-bond donors (Lipinski definition) is 0. The number of para-hydroxylation sites is 2. The van der Waals surface area contributed by atoms with E-state index >= 15 is 8.78 Å². The molecule has 0 aliphatic heterocycles. The van der Waals surface area contributed by atoms with E-state index in [1.165, 1.54) is 24.3 Å². The molecule has 2 bridgehead atoms. The first-order chi connectivity index (χ1) is 12.9. The SMILES string of the molecule is [2H][C@H]1[C@H](c2ccccc2)[C@]2(F)C(F)=C(F)[C@@]1(F)c1nc3ccccc3nc12. The van der Waals surface area contributed by atoms with Crippen LogP contribution in [0, 0.1) is 0 Å². The second-order valence-electron chi connectivity index (χ2n) is 6.52. The van der Waals surface area contributed by atoms with Gasteiger partial charge >= 0.3 is 0 Å². The molecule has 2 aromatic carbocycles. The van der Waals surface area contributed by atoms with Gasteiger partial charge in [0, 0.05) is 13.7 Å². The van der Waals surface area contributed by atoms with E-state index in [4.69, 9.17) is 1.37 Å². The Morgan fingerprint density at radius 3 is 2.08 bits per heavy atom. The molecule has 1 aromatic heterocycles. The normalized spacial score (nSPS) is 33.3. The Morgan fingerprint density at radius 1 is 0.846 bits per heavy atom. The summed E-state index contributed by atoms with van der Waals surface area (Å²) in [5.41, 5.74) is -6.89. The van der Waals surface area contributed by atoms with Gasteiger partial charge in [0.05, 0.1) is 11.0 Å². The summed E-state index contributed by atoms with van der Waals surface area (Å²) >= 11 is 0. The molecule has 0 radical (unpaired) electrons. The van der Waals surface area contributed by atoms with Gasteiger partial charge in [-0.15, -0.1) is 0 Å². The molecule has 3 aromatic rings. The molecule has 3 aliphatic carbocycles. The number of aromatic nitrogens is 2. The zero-order valence-electron chi connectivity index (χ0n) is 14.3. The highest BCUT2D eigenvalue weighted by Gasteiger charge is 2.67. The molecule has 4 atom stereocenters. The van der Waals surface area contributed by atoms with Crippen molar-refractivity contribution >= 4 is 11.0 Å². The molecule has 0 N–H and O–H groups in total. The average Bonchev–Trinajstić information content (AvgIpc) is 2.70. The van der Waals surface area contributed by atoms with Crippen LogP contribution in [0.3, 0.4) is 0 Å². The first-order valence-electron chi connectivity index (χ1n) is 8.67. The Labute approximate surface area is 147 Å². The van der Waals surface area contributed by atoms with E-state index in [0.717, 1.165) is 0 Å². The van der Waals surface area contributed by atoms with Crippen LogP contribution in [0.4, 0.5) is 17.6 Å². The molecule has 0 unspecified atom stereocenters. The third-order valence-electron chi connectivity index (χ3n) is 5.07. The van der Waals surface area contributed by atoms with Crippen molar-refractivity contribution in [3.63, 3.8) is 0 Å². The maximum Gasteiger partial charge on any atom is 0.215 e. The lowest BCUT2D eigenvalue weighted by Crippen LogP contribution is -2.49. The standard InChI is InChI=1S/C20H12F4N2/c21-15-16(22)20(24)12(11-6-2-1-3-7-11)10-19(15,23)17-18(20)26-14-9-5-4-8-13(14)25-17/h1-9,12H,10H2/t12-,19-,20+/m1/s1/i10D/t10-,12+,19+,20-/m0. The third-order valence-corrected chi connectivity index (χ3v) is 5.07. The molecule has 2 nitrogen and oxygen atoms in total. The van der Waals surface area contributed by atoms with Gasteiger partial charge in [-0.3, -0.25) is 0 Å². The van der Waals surface area contributed by atoms with Gasteiger partial charge in [-0.05, 0) is 17.7 Å². The van der Waals surface area contributed by atoms with Crippen molar-refractivity contribution < 1.29 is 18.9 Å². The van der Waals surface area contributed by atoms with E-state index in [2.05, 4.69) is 9.97 Å². The summed E-state index contributed by atoms with van der Waals surface area (Å²) in [6, 6.07) is 14.1. The maximum atomic E-state index is 16.2. The van der Waals surface area contributed by atoms with E-state index in [0.29, 0.717) is 0 Å². The number of hydrogen-bond acceptors (Lipinski definition) is 2. The highest BCUT2D eigenvalue weighted by Crippen LogP contribution is 2.65. The lowest BCUT2D eigenvalue weighted by Gasteiger charge is -2.47. The molecule has 0 spiro atoms. The largest absolute Gasteiger partial charge is 0.245 e. The number of benzene rings is 2. The Morgan fingerprint density at radius 2 is 1.42 bits per heavy atom. The highest BCUT2D eigenvalue weighted by molar-refractivity contribution is 5.75. The van der Waals surface area contributed by atoms with Gasteiger partial charge in [0.15, 0.2) is 11.7 Å². The summed E-state index contributed by atoms with van der Waals surface area (Å²) < 4.78 is 69.8. The van der Waals surface area contributed by atoms with Crippen molar-refractivity contribution in [1.82, 2.24) is 9.97 Å². The second kappa shape index (κ2) is 4.90. The number of allylic oxidation sites excluding steroid dienone is 2. The van der Waals surface area contributed by atoms with Crippen molar-refractivity contribution in [2.45, 2.75) is 23.7 Å². The van der Waals surface area contributed by atoms with Crippen molar-refractivity contribution in [3.05, 3.63) is 83.2 Å². The third kappa shape index (κ3) is 1.71. The monoisotopic (exact) mass is 357 g/mol. The topological polar surface area (TPSA) is 25.8 Å². The number of fused-ring (bicyclic) bond motifs is 2. The minimum Gasteiger partial charge on any atom is -0.245 e. The maximum absolute atomic E-state index is 16.2. The summed E-state index contributed by atoms with van der Waals surface area (Å²) in [4.78, 5) is 8.15. The predicted molar refractivity (Wildman–Crippen MR) is 88.2 cm³/mol. The molecule has 0 saturated heterocycles. The summed E-state index contributed by atoms with van der Waals surface area (Å²) in [5, 5.41) is 0. The molecular weight excluding hydrogens is 344 g/mol. The molecule has 0 amide bonds. The summed E-state index contributed by atoms with van der Waals surface area (Å²) in [6.07, 6.45) is -1.95. The van der Waals surface area contributed by atoms with Gasteiger partial charge in [-0.25, -0.2) is 27.5 Å². The Bertz CT molecular complexity index is 1120. The molecule has 0 fully saturated rings. The average molecular weight is 357 g/mol. The van der Waals surface area contributed by atoms with Gasteiger partial charge in [0.25, 0.3) is 0 Å².